The summed E-state index contributed by atoms with van der Waals surface area (Å²) in [7, 11) is 0. The average molecular weight is 358 g/mol. The molecule has 0 spiro atoms. The van der Waals surface area contributed by atoms with Crippen molar-refractivity contribution in [1.82, 2.24) is 10.2 Å². The summed E-state index contributed by atoms with van der Waals surface area (Å²) in [6.07, 6.45) is 0. The molecule has 6 heteroatoms. The van der Waals surface area contributed by atoms with Crippen molar-refractivity contribution in [1.29, 1.82) is 0 Å². The SMILES string of the molecule is CCNC(=O)C(C)N(Cc1ccccc1F)C(=O)COc1ccccc1. The van der Waals surface area contributed by atoms with E-state index in [0.717, 1.165) is 0 Å². The van der Waals surface area contributed by atoms with Gasteiger partial charge >= 0.3 is 0 Å². The maximum atomic E-state index is 14.0. The molecule has 0 saturated carbocycles. The van der Waals surface area contributed by atoms with Crippen molar-refractivity contribution in [3.63, 3.8) is 0 Å². The van der Waals surface area contributed by atoms with E-state index in [2.05, 4.69) is 5.32 Å². The second-order valence-corrected chi connectivity index (χ2v) is 5.79. The Morgan fingerprint density at radius 3 is 2.42 bits per heavy atom. The Bertz CT molecular complexity index is 737. The standard InChI is InChI=1S/C20H23FN2O3/c1-3-22-20(25)15(2)23(13-16-9-7-8-12-18(16)21)19(24)14-26-17-10-5-4-6-11-17/h4-12,15H,3,13-14H2,1-2H3,(H,22,25). The number of para-hydroxylation sites is 1. The number of nitrogens with one attached hydrogen (secondary N) is 1. The molecule has 0 aliphatic carbocycles. The summed E-state index contributed by atoms with van der Waals surface area (Å²) >= 11 is 0. The van der Waals surface area contributed by atoms with E-state index in [9.17, 15) is 14.0 Å². The van der Waals surface area contributed by atoms with Gasteiger partial charge in [0, 0.05) is 18.7 Å². The van der Waals surface area contributed by atoms with Crippen LogP contribution in [0.4, 0.5) is 4.39 Å². The predicted molar refractivity (Wildman–Crippen MR) is 97.0 cm³/mol. The Labute approximate surface area is 152 Å². The van der Waals surface area contributed by atoms with E-state index in [-0.39, 0.29) is 19.1 Å². The molecule has 0 radical (unpaired) electrons. The normalized spacial score (nSPS) is 11.5. The van der Waals surface area contributed by atoms with Gasteiger partial charge in [0.15, 0.2) is 6.61 Å². The van der Waals surface area contributed by atoms with Crippen LogP contribution in [0.15, 0.2) is 54.6 Å². The lowest BCUT2D eigenvalue weighted by atomic mass is 10.1. The highest BCUT2D eigenvalue weighted by atomic mass is 19.1. The van der Waals surface area contributed by atoms with Crippen LogP contribution in [-0.4, -0.2) is 35.9 Å². The van der Waals surface area contributed by atoms with Gasteiger partial charge in [-0.15, -0.1) is 0 Å². The lowest BCUT2D eigenvalue weighted by Gasteiger charge is -2.28. The molecule has 0 aliphatic rings. The van der Waals surface area contributed by atoms with Crippen molar-refractivity contribution >= 4 is 11.8 Å². The van der Waals surface area contributed by atoms with E-state index in [0.29, 0.717) is 17.9 Å². The highest BCUT2D eigenvalue weighted by Crippen LogP contribution is 2.14. The first-order valence-electron chi connectivity index (χ1n) is 8.51. The quantitative estimate of drug-likeness (QED) is 0.789. The van der Waals surface area contributed by atoms with E-state index in [4.69, 9.17) is 4.74 Å². The fraction of sp³-hybridized carbons (Fsp3) is 0.300. The van der Waals surface area contributed by atoms with Crippen LogP contribution < -0.4 is 10.1 Å². The number of halogens is 1. The molecular weight excluding hydrogens is 335 g/mol. The highest BCUT2D eigenvalue weighted by molar-refractivity contribution is 5.87. The van der Waals surface area contributed by atoms with Gasteiger partial charge in [-0.2, -0.15) is 0 Å². The molecular formula is C20H23FN2O3. The van der Waals surface area contributed by atoms with Gasteiger partial charge in [0.05, 0.1) is 0 Å². The molecule has 1 unspecified atom stereocenters. The minimum atomic E-state index is -0.749. The van der Waals surface area contributed by atoms with Crippen molar-refractivity contribution < 1.29 is 18.7 Å². The second-order valence-electron chi connectivity index (χ2n) is 5.79. The summed E-state index contributed by atoms with van der Waals surface area (Å²) in [5.41, 5.74) is 0.344. The fourth-order valence-electron chi connectivity index (χ4n) is 2.46. The molecule has 26 heavy (non-hydrogen) atoms. The third kappa shape index (κ3) is 5.31. The summed E-state index contributed by atoms with van der Waals surface area (Å²) in [4.78, 5) is 26.2. The van der Waals surface area contributed by atoms with Crippen LogP contribution in [0.5, 0.6) is 5.75 Å². The van der Waals surface area contributed by atoms with E-state index in [1.807, 2.05) is 6.07 Å². The van der Waals surface area contributed by atoms with Gasteiger partial charge in [-0.05, 0) is 32.0 Å². The van der Waals surface area contributed by atoms with Crippen LogP contribution in [0.25, 0.3) is 0 Å². The van der Waals surface area contributed by atoms with E-state index >= 15 is 0 Å². The summed E-state index contributed by atoms with van der Waals surface area (Å²) in [5, 5.41) is 2.69. The number of nitrogens with zero attached hydrogens (tertiary/aromatic N) is 1. The van der Waals surface area contributed by atoms with Crippen LogP contribution in [0.2, 0.25) is 0 Å². The zero-order valence-electron chi connectivity index (χ0n) is 14.9. The number of benzene rings is 2. The molecule has 2 aromatic carbocycles. The molecule has 2 amide bonds. The molecule has 1 N–H and O–H groups in total. The van der Waals surface area contributed by atoms with Crippen LogP contribution in [0.3, 0.4) is 0 Å². The van der Waals surface area contributed by atoms with Crippen molar-refractivity contribution in [2.24, 2.45) is 0 Å². The van der Waals surface area contributed by atoms with Crippen LogP contribution in [-0.2, 0) is 16.1 Å². The minimum absolute atomic E-state index is 0.0119. The zero-order valence-corrected chi connectivity index (χ0v) is 14.9. The molecule has 1 atom stereocenters. The largest absolute Gasteiger partial charge is 0.484 e. The number of likely N-dealkylation sites (N-methyl/N-ethyl adjacent to an activating group) is 1. The number of amides is 2. The van der Waals surface area contributed by atoms with Crippen molar-refractivity contribution in [2.75, 3.05) is 13.2 Å². The first-order valence-corrected chi connectivity index (χ1v) is 8.51. The Hall–Kier alpha value is -2.89. The number of carbonyl (C=O) groups excluding carboxylic acids is 2. The average Bonchev–Trinajstić information content (AvgIpc) is 2.66. The minimum Gasteiger partial charge on any atom is -0.484 e. The summed E-state index contributed by atoms with van der Waals surface area (Å²) in [6.45, 7) is 3.62. The van der Waals surface area contributed by atoms with Gasteiger partial charge in [0.1, 0.15) is 17.6 Å². The van der Waals surface area contributed by atoms with Gasteiger partial charge in [0.2, 0.25) is 5.91 Å². The summed E-state index contributed by atoms with van der Waals surface area (Å²) < 4.78 is 19.5. The predicted octanol–water partition coefficient (Wildman–Crippen LogP) is 2.76. The molecule has 2 aromatic rings. The van der Waals surface area contributed by atoms with Crippen molar-refractivity contribution in [2.45, 2.75) is 26.4 Å². The fourth-order valence-corrected chi connectivity index (χ4v) is 2.46. The zero-order chi connectivity index (χ0) is 18.9. The third-order valence-electron chi connectivity index (χ3n) is 3.92. The third-order valence-corrected chi connectivity index (χ3v) is 3.92. The number of hydrogen-bond donors (Lipinski definition) is 1. The molecule has 0 heterocycles. The van der Waals surface area contributed by atoms with Crippen LogP contribution in [0, 0.1) is 5.82 Å². The Morgan fingerprint density at radius 2 is 1.77 bits per heavy atom. The Morgan fingerprint density at radius 1 is 1.12 bits per heavy atom. The molecule has 0 aliphatic heterocycles. The molecule has 0 saturated heterocycles. The van der Waals surface area contributed by atoms with Gasteiger partial charge < -0.3 is 15.0 Å². The van der Waals surface area contributed by atoms with Gasteiger partial charge in [-0.25, -0.2) is 4.39 Å². The van der Waals surface area contributed by atoms with Crippen molar-refractivity contribution in [3.8, 4) is 5.75 Å². The van der Waals surface area contributed by atoms with Crippen LogP contribution in [0.1, 0.15) is 19.4 Å². The monoisotopic (exact) mass is 358 g/mol. The van der Waals surface area contributed by atoms with Gasteiger partial charge in [-0.1, -0.05) is 36.4 Å². The number of carbonyl (C=O) groups is 2. The van der Waals surface area contributed by atoms with Crippen molar-refractivity contribution in [3.05, 3.63) is 66.0 Å². The Kier molecular flexibility index (Phi) is 7.14. The topological polar surface area (TPSA) is 58.6 Å². The van der Waals surface area contributed by atoms with E-state index in [1.54, 1.807) is 56.3 Å². The first kappa shape index (κ1) is 19.4. The van der Waals surface area contributed by atoms with Gasteiger partial charge in [0.25, 0.3) is 5.91 Å². The highest BCUT2D eigenvalue weighted by Gasteiger charge is 2.26. The lowest BCUT2D eigenvalue weighted by molar-refractivity contribution is -0.142. The molecule has 0 fully saturated rings. The number of hydrogen-bond acceptors (Lipinski definition) is 3. The number of rotatable bonds is 8. The maximum Gasteiger partial charge on any atom is 0.261 e. The second kappa shape index (κ2) is 9.56. The maximum absolute atomic E-state index is 14.0. The lowest BCUT2D eigenvalue weighted by Crippen LogP contribution is -2.49. The molecule has 0 aromatic heterocycles. The van der Waals surface area contributed by atoms with Crippen LogP contribution >= 0.6 is 0 Å². The summed E-state index contributed by atoms with van der Waals surface area (Å²) in [5.74, 6) is -0.553. The molecule has 138 valence electrons. The summed E-state index contributed by atoms with van der Waals surface area (Å²) in [6, 6.07) is 14.4. The molecule has 0 bridgehead atoms. The van der Waals surface area contributed by atoms with E-state index in [1.165, 1.54) is 11.0 Å². The van der Waals surface area contributed by atoms with Gasteiger partial charge in [-0.3, -0.25) is 9.59 Å². The first-order chi connectivity index (χ1) is 12.5. The molecule has 5 nitrogen and oxygen atoms in total. The van der Waals surface area contributed by atoms with E-state index < -0.39 is 17.8 Å². The molecule has 2 rings (SSSR count). The number of ether oxygens (including phenoxy) is 1. The Balaban J connectivity index is 2.14. The smallest absolute Gasteiger partial charge is 0.261 e.